The van der Waals surface area contributed by atoms with Crippen LogP contribution in [0.3, 0.4) is 0 Å². The highest BCUT2D eigenvalue weighted by Crippen LogP contribution is 2.31. The molecule has 2 heterocycles. The Morgan fingerprint density at radius 2 is 1.97 bits per heavy atom. The number of carbonyl (C=O) groups is 1. The number of imidazole rings is 1. The van der Waals surface area contributed by atoms with Crippen molar-refractivity contribution in [2.24, 2.45) is 5.92 Å². The number of piperidine rings is 1. The smallest absolute Gasteiger partial charge is 0.226 e. The Morgan fingerprint density at radius 3 is 2.62 bits per heavy atom. The summed E-state index contributed by atoms with van der Waals surface area (Å²) in [7, 11) is 0. The predicted molar refractivity (Wildman–Crippen MR) is 117 cm³/mol. The van der Waals surface area contributed by atoms with E-state index in [0.29, 0.717) is 18.5 Å². The largest absolute Gasteiger partial charge is 0.394 e. The van der Waals surface area contributed by atoms with Gasteiger partial charge in [0.25, 0.3) is 0 Å². The first-order valence-corrected chi connectivity index (χ1v) is 10.8. The summed E-state index contributed by atoms with van der Waals surface area (Å²) >= 11 is 0. The molecule has 2 unspecified atom stereocenters. The predicted octanol–water partition coefficient (Wildman–Crippen LogP) is 4.28. The minimum Gasteiger partial charge on any atom is -0.394 e. The fraction of sp³-hybridized carbons (Fsp3) is 0.360. The van der Waals surface area contributed by atoms with Crippen LogP contribution in [0, 0.1) is 31.4 Å². The third-order valence-corrected chi connectivity index (χ3v) is 6.19. The molecule has 0 bridgehead atoms. The molecule has 32 heavy (non-hydrogen) atoms. The van der Waals surface area contributed by atoms with E-state index in [1.807, 2.05) is 36.7 Å². The van der Waals surface area contributed by atoms with Gasteiger partial charge >= 0.3 is 0 Å². The molecular weight excluding hydrogens is 412 g/mol. The highest BCUT2D eigenvalue weighted by Gasteiger charge is 2.34. The van der Waals surface area contributed by atoms with Crippen molar-refractivity contribution in [2.75, 3.05) is 13.2 Å². The van der Waals surface area contributed by atoms with Crippen LogP contribution in [-0.4, -0.2) is 38.6 Å². The van der Waals surface area contributed by atoms with E-state index in [0.717, 1.165) is 47.5 Å². The lowest BCUT2D eigenvalue weighted by Gasteiger charge is -2.37. The first kappa shape index (κ1) is 22.1. The van der Waals surface area contributed by atoms with E-state index < -0.39 is 17.7 Å². The van der Waals surface area contributed by atoms with E-state index in [2.05, 4.69) is 11.1 Å². The Morgan fingerprint density at radius 1 is 1.16 bits per heavy atom. The SMILES string of the molecule is Cc1cn(-c2ccc(CC3CCCN(C(CO)c4ccc(F)c(F)c4)C3=O)cc2C)cn1. The molecule has 1 aliphatic rings. The number of hydrogen-bond acceptors (Lipinski definition) is 3. The maximum atomic E-state index is 13.7. The van der Waals surface area contributed by atoms with Crippen LogP contribution < -0.4 is 0 Å². The van der Waals surface area contributed by atoms with Gasteiger partial charge < -0.3 is 14.6 Å². The molecule has 0 aliphatic carbocycles. The van der Waals surface area contributed by atoms with Gasteiger partial charge in [0.2, 0.25) is 5.91 Å². The van der Waals surface area contributed by atoms with Crippen LogP contribution in [0.25, 0.3) is 5.69 Å². The van der Waals surface area contributed by atoms with Gasteiger partial charge in [-0.25, -0.2) is 13.8 Å². The number of likely N-dealkylation sites (tertiary alicyclic amines) is 1. The number of carbonyl (C=O) groups excluding carboxylic acids is 1. The highest BCUT2D eigenvalue weighted by atomic mass is 19.2. The van der Waals surface area contributed by atoms with Crippen LogP contribution in [0.2, 0.25) is 0 Å². The first-order valence-electron chi connectivity index (χ1n) is 10.8. The molecule has 1 aromatic heterocycles. The first-order chi connectivity index (χ1) is 15.4. The molecule has 1 fully saturated rings. The summed E-state index contributed by atoms with van der Waals surface area (Å²) in [4.78, 5) is 19.1. The minimum absolute atomic E-state index is 0.0630. The minimum atomic E-state index is -0.981. The van der Waals surface area contributed by atoms with E-state index in [1.165, 1.54) is 6.07 Å². The molecule has 0 saturated carbocycles. The highest BCUT2D eigenvalue weighted by molar-refractivity contribution is 5.80. The summed E-state index contributed by atoms with van der Waals surface area (Å²) < 4.78 is 29.1. The fourth-order valence-corrected chi connectivity index (χ4v) is 4.55. The van der Waals surface area contributed by atoms with Crippen LogP contribution in [0.1, 0.15) is 41.3 Å². The quantitative estimate of drug-likeness (QED) is 0.624. The maximum absolute atomic E-state index is 13.7. The lowest BCUT2D eigenvalue weighted by atomic mass is 9.88. The number of amides is 1. The zero-order valence-corrected chi connectivity index (χ0v) is 18.3. The summed E-state index contributed by atoms with van der Waals surface area (Å²) in [6.45, 7) is 4.12. The topological polar surface area (TPSA) is 58.4 Å². The number of aliphatic hydroxyl groups is 1. The van der Waals surface area contributed by atoms with Gasteiger partial charge in [0.05, 0.1) is 24.7 Å². The van der Waals surface area contributed by atoms with Gasteiger partial charge in [-0.15, -0.1) is 0 Å². The number of aliphatic hydroxyl groups excluding tert-OH is 1. The summed E-state index contributed by atoms with van der Waals surface area (Å²) in [6.07, 6.45) is 5.90. The second-order valence-corrected chi connectivity index (χ2v) is 8.49. The lowest BCUT2D eigenvalue weighted by Crippen LogP contribution is -2.45. The van der Waals surface area contributed by atoms with E-state index in [9.17, 15) is 18.7 Å². The Hall–Kier alpha value is -3.06. The van der Waals surface area contributed by atoms with Crippen molar-refractivity contribution < 1.29 is 18.7 Å². The molecular formula is C25H27F2N3O2. The maximum Gasteiger partial charge on any atom is 0.226 e. The number of aromatic nitrogens is 2. The summed E-state index contributed by atoms with van der Waals surface area (Å²) in [5.74, 6) is -2.21. The molecule has 5 nitrogen and oxygen atoms in total. The van der Waals surface area contributed by atoms with Crippen molar-refractivity contribution >= 4 is 5.91 Å². The van der Waals surface area contributed by atoms with Gasteiger partial charge in [0.1, 0.15) is 0 Å². The van der Waals surface area contributed by atoms with Crippen LogP contribution in [-0.2, 0) is 11.2 Å². The Labute approximate surface area is 186 Å². The van der Waals surface area contributed by atoms with Crippen molar-refractivity contribution in [3.8, 4) is 5.69 Å². The van der Waals surface area contributed by atoms with Crippen molar-refractivity contribution in [1.29, 1.82) is 0 Å². The Kier molecular flexibility index (Phi) is 6.37. The molecule has 168 valence electrons. The third-order valence-electron chi connectivity index (χ3n) is 6.19. The van der Waals surface area contributed by atoms with Crippen LogP contribution in [0.4, 0.5) is 8.78 Å². The second-order valence-electron chi connectivity index (χ2n) is 8.49. The fourth-order valence-electron chi connectivity index (χ4n) is 4.55. The number of aryl methyl sites for hydroxylation is 2. The van der Waals surface area contributed by atoms with Crippen molar-refractivity contribution in [2.45, 2.75) is 39.2 Å². The van der Waals surface area contributed by atoms with E-state index in [4.69, 9.17) is 0 Å². The molecule has 1 aliphatic heterocycles. The van der Waals surface area contributed by atoms with Gasteiger partial charge in [-0.1, -0.05) is 18.2 Å². The standard InChI is InChI=1S/C25H27F2N3O2/c1-16-10-18(5-8-23(16)29-13-17(2)28-15-29)11-20-4-3-9-30(25(20)32)24(14-31)19-6-7-21(26)22(27)12-19/h5-8,10,12-13,15,20,24,31H,3-4,9,11,14H2,1-2H3. The van der Waals surface area contributed by atoms with Gasteiger partial charge in [-0.3, -0.25) is 4.79 Å². The zero-order chi connectivity index (χ0) is 22.8. The molecule has 0 spiro atoms. The molecule has 7 heteroatoms. The Bertz CT molecular complexity index is 1130. The van der Waals surface area contributed by atoms with Gasteiger partial charge in [0.15, 0.2) is 11.6 Å². The van der Waals surface area contributed by atoms with Gasteiger partial charge in [0, 0.05) is 24.3 Å². The molecule has 1 saturated heterocycles. The number of nitrogens with zero attached hydrogens (tertiary/aromatic N) is 3. The zero-order valence-electron chi connectivity index (χ0n) is 18.3. The van der Waals surface area contributed by atoms with Crippen molar-refractivity contribution in [3.63, 3.8) is 0 Å². The average Bonchev–Trinajstić information content (AvgIpc) is 3.19. The Balaban J connectivity index is 1.51. The monoisotopic (exact) mass is 439 g/mol. The van der Waals surface area contributed by atoms with E-state index in [-0.39, 0.29) is 18.4 Å². The average molecular weight is 440 g/mol. The molecule has 0 radical (unpaired) electrons. The van der Waals surface area contributed by atoms with Crippen LogP contribution in [0.5, 0.6) is 0 Å². The van der Waals surface area contributed by atoms with Gasteiger partial charge in [-0.05, 0) is 68.0 Å². The molecule has 2 atom stereocenters. The van der Waals surface area contributed by atoms with E-state index >= 15 is 0 Å². The van der Waals surface area contributed by atoms with Crippen LogP contribution in [0.15, 0.2) is 48.9 Å². The molecule has 4 rings (SSSR count). The number of benzene rings is 2. The summed E-state index contributed by atoms with van der Waals surface area (Å²) in [5, 5.41) is 9.95. The van der Waals surface area contributed by atoms with Gasteiger partial charge in [-0.2, -0.15) is 0 Å². The number of halogens is 2. The summed E-state index contributed by atoms with van der Waals surface area (Å²) in [5.41, 5.74) is 4.55. The number of rotatable bonds is 6. The normalized spacial score (nSPS) is 17.6. The van der Waals surface area contributed by atoms with Crippen molar-refractivity contribution in [3.05, 3.63) is 82.9 Å². The lowest BCUT2D eigenvalue weighted by molar-refractivity contribution is -0.142. The van der Waals surface area contributed by atoms with Crippen molar-refractivity contribution in [1.82, 2.24) is 14.5 Å². The molecule has 3 aromatic rings. The molecule has 1 N–H and O–H groups in total. The third kappa shape index (κ3) is 4.43. The summed E-state index contributed by atoms with van der Waals surface area (Å²) in [6, 6.07) is 9.00. The second kappa shape index (κ2) is 9.20. The number of hydrogen-bond donors (Lipinski definition) is 1. The molecule has 2 aromatic carbocycles. The molecule has 1 amide bonds. The van der Waals surface area contributed by atoms with Crippen LogP contribution >= 0.6 is 0 Å². The van der Waals surface area contributed by atoms with E-state index in [1.54, 1.807) is 11.2 Å².